The zero-order chi connectivity index (χ0) is 16.5. The summed E-state index contributed by atoms with van der Waals surface area (Å²) in [6, 6.07) is 10.1. The summed E-state index contributed by atoms with van der Waals surface area (Å²) in [5.74, 6) is -0.970. The highest BCUT2D eigenvalue weighted by atomic mass is 16.5. The van der Waals surface area contributed by atoms with Gasteiger partial charge in [0.05, 0.1) is 12.8 Å². The van der Waals surface area contributed by atoms with Gasteiger partial charge in [0.25, 0.3) is 0 Å². The molecule has 0 aliphatic carbocycles. The predicted octanol–water partition coefficient (Wildman–Crippen LogP) is 1.57. The summed E-state index contributed by atoms with van der Waals surface area (Å²) in [4.78, 5) is 27.2. The number of aromatic nitrogens is 1. The van der Waals surface area contributed by atoms with Crippen LogP contribution in [0.3, 0.4) is 0 Å². The van der Waals surface area contributed by atoms with Crippen molar-refractivity contribution in [3.8, 4) is 5.75 Å². The smallest absolute Gasteiger partial charge is 0.329 e. The number of carbonyl (C=O) groups excluding carboxylic acids is 2. The maximum Gasteiger partial charge on any atom is 0.329 e. The van der Waals surface area contributed by atoms with Gasteiger partial charge >= 0.3 is 11.8 Å². The molecule has 7 nitrogen and oxygen atoms in total. The lowest BCUT2D eigenvalue weighted by Crippen LogP contribution is -2.32. The van der Waals surface area contributed by atoms with E-state index in [-0.39, 0.29) is 0 Å². The topological polar surface area (TPSA) is 92.7 Å². The quantitative estimate of drug-likeness (QED) is 0.498. The minimum atomic E-state index is -0.857. The molecule has 0 spiro atoms. The first-order valence-corrected chi connectivity index (χ1v) is 6.96. The maximum atomic E-state index is 11.7. The molecule has 1 aromatic carbocycles. The molecule has 1 aromatic heterocycles. The zero-order valence-corrected chi connectivity index (χ0v) is 12.5. The summed E-state index contributed by atoms with van der Waals surface area (Å²) >= 11 is 0. The van der Waals surface area contributed by atoms with Gasteiger partial charge in [0, 0.05) is 18.1 Å². The molecule has 0 aliphatic heterocycles. The molecule has 2 N–H and O–H groups in total. The third-order valence-electron chi connectivity index (χ3n) is 2.72. The molecule has 23 heavy (non-hydrogen) atoms. The van der Waals surface area contributed by atoms with Crippen LogP contribution in [-0.4, -0.2) is 29.6 Å². The number of benzene rings is 1. The standard InChI is InChI=1S/C16H16N4O3/c1-2-23-14-5-3-13(4-6-14)19-15(21)16(22)20-18-11-12-7-9-17-10-8-12/h3-11H,2H2,1H3,(H,19,21)(H,20,22)/b18-11-. The lowest BCUT2D eigenvalue weighted by atomic mass is 10.3. The fourth-order valence-electron chi connectivity index (χ4n) is 1.65. The summed E-state index contributed by atoms with van der Waals surface area (Å²) in [5, 5.41) is 6.18. The number of ether oxygens (including phenoxy) is 1. The predicted molar refractivity (Wildman–Crippen MR) is 86.2 cm³/mol. The molecule has 0 saturated carbocycles. The van der Waals surface area contributed by atoms with E-state index in [1.807, 2.05) is 6.92 Å². The van der Waals surface area contributed by atoms with Gasteiger partial charge in [-0.2, -0.15) is 5.10 Å². The van der Waals surface area contributed by atoms with E-state index in [9.17, 15) is 9.59 Å². The van der Waals surface area contributed by atoms with Gasteiger partial charge in [0.1, 0.15) is 5.75 Å². The van der Waals surface area contributed by atoms with Crippen LogP contribution in [0.1, 0.15) is 12.5 Å². The van der Waals surface area contributed by atoms with E-state index >= 15 is 0 Å². The van der Waals surface area contributed by atoms with E-state index in [4.69, 9.17) is 4.74 Å². The number of nitrogens with one attached hydrogen (secondary N) is 2. The number of hydrogen-bond acceptors (Lipinski definition) is 5. The summed E-state index contributed by atoms with van der Waals surface area (Å²) < 4.78 is 5.29. The number of anilines is 1. The second-order valence-electron chi connectivity index (χ2n) is 4.39. The van der Waals surface area contributed by atoms with Gasteiger partial charge in [-0.3, -0.25) is 14.6 Å². The first-order chi connectivity index (χ1) is 11.2. The van der Waals surface area contributed by atoms with E-state index in [0.717, 1.165) is 5.56 Å². The number of hydrazone groups is 1. The van der Waals surface area contributed by atoms with Crippen LogP contribution in [0.5, 0.6) is 5.75 Å². The maximum absolute atomic E-state index is 11.7. The molecule has 0 unspecified atom stereocenters. The van der Waals surface area contributed by atoms with Gasteiger partial charge in [-0.1, -0.05) is 0 Å². The van der Waals surface area contributed by atoms with Crippen LogP contribution < -0.4 is 15.5 Å². The average Bonchev–Trinajstić information content (AvgIpc) is 2.57. The number of nitrogens with zero attached hydrogens (tertiary/aromatic N) is 2. The van der Waals surface area contributed by atoms with E-state index in [0.29, 0.717) is 18.0 Å². The number of hydrogen-bond donors (Lipinski definition) is 2. The minimum absolute atomic E-state index is 0.492. The van der Waals surface area contributed by atoms with Crippen LogP contribution in [0.2, 0.25) is 0 Å². The van der Waals surface area contributed by atoms with Crippen molar-refractivity contribution < 1.29 is 14.3 Å². The van der Waals surface area contributed by atoms with Gasteiger partial charge in [0.2, 0.25) is 0 Å². The summed E-state index contributed by atoms with van der Waals surface area (Å²) in [7, 11) is 0. The number of rotatable bonds is 5. The van der Waals surface area contributed by atoms with Crippen molar-refractivity contribution >= 4 is 23.7 Å². The van der Waals surface area contributed by atoms with E-state index in [1.165, 1.54) is 6.21 Å². The van der Waals surface area contributed by atoms with Crippen molar-refractivity contribution in [2.24, 2.45) is 5.10 Å². The molecule has 0 radical (unpaired) electrons. The van der Waals surface area contributed by atoms with E-state index < -0.39 is 11.8 Å². The number of amides is 2. The van der Waals surface area contributed by atoms with Crippen molar-refractivity contribution in [3.05, 3.63) is 54.4 Å². The van der Waals surface area contributed by atoms with Crippen LogP contribution in [0.25, 0.3) is 0 Å². The van der Waals surface area contributed by atoms with Gasteiger partial charge in [0.15, 0.2) is 0 Å². The van der Waals surface area contributed by atoms with Gasteiger partial charge in [-0.25, -0.2) is 5.43 Å². The Morgan fingerprint density at radius 2 is 1.83 bits per heavy atom. The van der Waals surface area contributed by atoms with Crippen molar-refractivity contribution in [3.63, 3.8) is 0 Å². The Hall–Kier alpha value is -3.22. The molecular formula is C16H16N4O3. The monoisotopic (exact) mass is 312 g/mol. The highest BCUT2D eigenvalue weighted by Gasteiger charge is 2.12. The molecule has 2 rings (SSSR count). The fraction of sp³-hybridized carbons (Fsp3) is 0.125. The molecule has 0 atom stereocenters. The molecule has 0 aliphatic rings. The lowest BCUT2D eigenvalue weighted by molar-refractivity contribution is -0.136. The molecule has 0 fully saturated rings. The van der Waals surface area contributed by atoms with Crippen molar-refractivity contribution in [2.45, 2.75) is 6.92 Å². The summed E-state index contributed by atoms with van der Waals surface area (Å²) in [6.07, 6.45) is 4.62. The summed E-state index contributed by atoms with van der Waals surface area (Å²) in [6.45, 7) is 2.44. The number of carbonyl (C=O) groups is 2. The average molecular weight is 312 g/mol. The minimum Gasteiger partial charge on any atom is -0.494 e. The van der Waals surface area contributed by atoms with Crippen LogP contribution in [-0.2, 0) is 9.59 Å². The number of pyridine rings is 1. The normalized spacial score (nSPS) is 10.3. The Morgan fingerprint density at radius 1 is 1.13 bits per heavy atom. The SMILES string of the molecule is CCOc1ccc(NC(=O)C(=O)N/N=C\c2ccncc2)cc1. The zero-order valence-electron chi connectivity index (χ0n) is 12.5. The van der Waals surface area contributed by atoms with Gasteiger partial charge in [-0.05, 0) is 48.9 Å². The highest BCUT2D eigenvalue weighted by molar-refractivity contribution is 6.39. The highest BCUT2D eigenvalue weighted by Crippen LogP contribution is 2.15. The lowest BCUT2D eigenvalue weighted by Gasteiger charge is -2.06. The molecule has 2 amide bonds. The second kappa shape index (κ2) is 8.28. The van der Waals surface area contributed by atoms with Crippen LogP contribution in [0.4, 0.5) is 5.69 Å². The molecule has 7 heteroatoms. The summed E-state index contributed by atoms with van der Waals surface area (Å²) in [5.41, 5.74) is 3.41. The molecule has 1 heterocycles. The third kappa shape index (κ3) is 5.24. The molecular weight excluding hydrogens is 296 g/mol. The molecule has 2 aromatic rings. The Labute approximate surface area is 133 Å². The third-order valence-corrected chi connectivity index (χ3v) is 2.72. The Morgan fingerprint density at radius 3 is 2.48 bits per heavy atom. The van der Waals surface area contributed by atoms with Crippen LogP contribution >= 0.6 is 0 Å². The van der Waals surface area contributed by atoms with Crippen LogP contribution in [0.15, 0.2) is 53.9 Å². The molecule has 0 bridgehead atoms. The van der Waals surface area contributed by atoms with Crippen molar-refractivity contribution in [2.75, 3.05) is 11.9 Å². The Kier molecular flexibility index (Phi) is 5.81. The van der Waals surface area contributed by atoms with Crippen LogP contribution in [0, 0.1) is 0 Å². The second-order valence-corrected chi connectivity index (χ2v) is 4.39. The van der Waals surface area contributed by atoms with E-state index in [1.54, 1.807) is 48.8 Å². The van der Waals surface area contributed by atoms with Gasteiger partial charge in [-0.15, -0.1) is 0 Å². The molecule has 118 valence electrons. The van der Waals surface area contributed by atoms with Crippen molar-refractivity contribution in [1.82, 2.24) is 10.4 Å². The Balaban J connectivity index is 1.85. The largest absolute Gasteiger partial charge is 0.494 e. The molecule has 0 saturated heterocycles. The first kappa shape index (κ1) is 16.2. The first-order valence-electron chi connectivity index (χ1n) is 6.96. The fourth-order valence-corrected chi connectivity index (χ4v) is 1.65. The van der Waals surface area contributed by atoms with Gasteiger partial charge < -0.3 is 10.1 Å². The van der Waals surface area contributed by atoms with E-state index in [2.05, 4.69) is 20.8 Å². The van der Waals surface area contributed by atoms with Crippen molar-refractivity contribution in [1.29, 1.82) is 0 Å². The Bertz CT molecular complexity index is 684.